The van der Waals surface area contributed by atoms with Gasteiger partial charge in [0.25, 0.3) is 0 Å². The molecule has 1 fully saturated rings. The highest BCUT2D eigenvalue weighted by Crippen LogP contribution is 2.29. The standard InChI is InChI=1S/C21H29N5O2/c1-24-10-4-3-8-18(24)21-23-22-19-9-11-25(12-13-26(19)21)20(27)15-16-6-5-7-17(14-16)28-2/h5-7,14,18H,3-4,8-13,15H2,1-2H3. The molecule has 7 heteroatoms. The van der Waals surface area contributed by atoms with Crippen LogP contribution in [0.2, 0.25) is 0 Å². The van der Waals surface area contributed by atoms with Gasteiger partial charge in [-0.2, -0.15) is 0 Å². The maximum atomic E-state index is 12.9. The fraction of sp³-hybridized carbons (Fsp3) is 0.571. The zero-order valence-electron chi connectivity index (χ0n) is 16.8. The second-order valence-electron chi connectivity index (χ2n) is 7.78. The minimum absolute atomic E-state index is 0.156. The summed E-state index contributed by atoms with van der Waals surface area (Å²) in [7, 11) is 3.82. The first-order valence-electron chi connectivity index (χ1n) is 10.2. The average Bonchev–Trinajstić information content (AvgIpc) is 2.98. The van der Waals surface area contributed by atoms with Crippen molar-refractivity contribution in [1.29, 1.82) is 0 Å². The number of amides is 1. The van der Waals surface area contributed by atoms with E-state index in [2.05, 4.69) is 26.7 Å². The summed E-state index contributed by atoms with van der Waals surface area (Å²) in [4.78, 5) is 17.2. The van der Waals surface area contributed by atoms with Gasteiger partial charge < -0.3 is 14.2 Å². The molecule has 0 N–H and O–H groups in total. The van der Waals surface area contributed by atoms with Gasteiger partial charge in [-0.05, 0) is 44.1 Å². The Bertz CT molecular complexity index is 834. The van der Waals surface area contributed by atoms with Crippen molar-refractivity contribution in [3.63, 3.8) is 0 Å². The number of benzene rings is 1. The molecule has 0 aliphatic carbocycles. The highest BCUT2D eigenvalue weighted by Gasteiger charge is 2.29. The number of likely N-dealkylation sites (tertiary alicyclic amines) is 1. The van der Waals surface area contributed by atoms with Crippen molar-refractivity contribution in [2.24, 2.45) is 0 Å². The van der Waals surface area contributed by atoms with Crippen LogP contribution in [0.1, 0.15) is 42.5 Å². The zero-order chi connectivity index (χ0) is 19.5. The predicted molar refractivity (Wildman–Crippen MR) is 106 cm³/mol. The number of carbonyl (C=O) groups is 1. The van der Waals surface area contributed by atoms with Crippen molar-refractivity contribution in [3.8, 4) is 5.75 Å². The first-order chi connectivity index (χ1) is 13.7. The van der Waals surface area contributed by atoms with Crippen LogP contribution in [0.15, 0.2) is 24.3 Å². The Labute approximate surface area is 166 Å². The monoisotopic (exact) mass is 383 g/mol. The van der Waals surface area contributed by atoms with Crippen molar-refractivity contribution < 1.29 is 9.53 Å². The number of hydrogen-bond acceptors (Lipinski definition) is 5. The Balaban J connectivity index is 1.43. The zero-order valence-corrected chi connectivity index (χ0v) is 16.8. The van der Waals surface area contributed by atoms with Crippen molar-refractivity contribution in [2.75, 3.05) is 33.8 Å². The number of carbonyl (C=O) groups excluding carboxylic acids is 1. The van der Waals surface area contributed by atoms with Gasteiger partial charge in [0.1, 0.15) is 17.4 Å². The summed E-state index contributed by atoms with van der Waals surface area (Å²) in [5.41, 5.74) is 0.984. The highest BCUT2D eigenvalue weighted by molar-refractivity contribution is 5.79. The fourth-order valence-electron chi connectivity index (χ4n) is 4.31. The van der Waals surface area contributed by atoms with E-state index in [1.165, 1.54) is 12.8 Å². The van der Waals surface area contributed by atoms with Gasteiger partial charge in [-0.1, -0.05) is 18.6 Å². The quantitative estimate of drug-likeness (QED) is 0.809. The third-order valence-corrected chi connectivity index (χ3v) is 5.97. The number of aromatic nitrogens is 3. The van der Waals surface area contributed by atoms with Crippen molar-refractivity contribution in [3.05, 3.63) is 41.5 Å². The summed E-state index contributed by atoms with van der Waals surface area (Å²) in [5, 5.41) is 8.98. The molecule has 7 nitrogen and oxygen atoms in total. The van der Waals surface area contributed by atoms with E-state index in [9.17, 15) is 4.79 Å². The molecule has 4 rings (SSSR count). The van der Waals surface area contributed by atoms with Crippen LogP contribution in [0.25, 0.3) is 0 Å². The molecule has 2 aliphatic heterocycles. The van der Waals surface area contributed by atoms with Crippen LogP contribution in [0.3, 0.4) is 0 Å². The number of methoxy groups -OCH3 is 1. The first kappa shape index (κ1) is 18.9. The van der Waals surface area contributed by atoms with Gasteiger partial charge in [0.2, 0.25) is 5.91 Å². The molecule has 0 saturated carbocycles. The van der Waals surface area contributed by atoms with E-state index in [0.717, 1.165) is 48.9 Å². The minimum atomic E-state index is 0.156. The molecule has 1 aromatic carbocycles. The second-order valence-corrected chi connectivity index (χ2v) is 7.78. The molecule has 1 saturated heterocycles. The summed E-state index contributed by atoms with van der Waals surface area (Å²) in [6.45, 7) is 3.28. The predicted octanol–water partition coefficient (Wildman–Crippen LogP) is 2.07. The maximum Gasteiger partial charge on any atom is 0.227 e. The molecular formula is C21H29N5O2. The number of ether oxygens (including phenoxy) is 1. The van der Waals surface area contributed by atoms with E-state index < -0.39 is 0 Å². The van der Waals surface area contributed by atoms with E-state index in [-0.39, 0.29) is 5.91 Å². The molecule has 1 amide bonds. The molecule has 0 radical (unpaired) electrons. The summed E-state index contributed by atoms with van der Waals surface area (Å²) in [5.74, 6) is 3.02. The third kappa shape index (κ3) is 3.90. The van der Waals surface area contributed by atoms with Gasteiger partial charge in [0.15, 0.2) is 0 Å². The Morgan fingerprint density at radius 1 is 1.18 bits per heavy atom. The summed E-state index contributed by atoms with van der Waals surface area (Å²) in [6, 6.07) is 8.08. The second kappa shape index (κ2) is 8.31. The third-order valence-electron chi connectivity index (χ3n) is 5.97. The Kier molecular flexibility index (Phi) is 5.62. The molecule has 1 unspecified atom stereocenters. The van der Waals surface area contributed by atoms with Crippen LogP contribution in [0.5, 0.6) is 5.75 Å². The number of nitrogens with zero attached hydrogens (tertiary/aromatic N) is 5. The van der Waals surface area contributed by atoms with E-state index in [1.807, 2.05) is 29.2 Å². The molecule has 1 atom stereocenters. The van der Waals surface area contributed by atoms with Crippen LogP contribution in [0.4, 0.5) is 0 Å². The number of fused-ring (bicyclic) bond motifs is 1. The van der Waals surface area contributed by atoms with E-state index in [1.54, 1.807) is 7.11 Å². The lowest BCUT2D eigenvalue weighted by atomic mass is 10.0. The molecule has 0 spiro atoms. The SMILES string of the molecule is COc1cccc(CC(=O)N2CCc3nnc(C4CCCCN4C)n3CC2)c1. The van der Waals surface area contributed by atoms with Gasteiger partial charge in [-0.15, -0.1) is 10.2 Å². The lowest BCUT2D eigenvalue weighted by Gasteiger charge is -2.32. The van der Waals surface area contributed by atoms with Gasteiger partial charge >= 0.3 is 0 Å². The van der Waals surface area contributed by atoms with E-state index in [0.29, 0.717) is 25.6 Å². The summed E-state index contributed by atoms with van der Waals surface area (Å²) >= 11 is 0. The number of rotatable bonds is 4. The largest absolute Gasteiger partial charge is 0.497 e. The smallest absolute Gasteiger partial charge is 0.227 e. The highest BCUT2D eigenvalue weighted by atomic mass is 16.5. The molecule has 1 aromatic heterocycles. The minimum Gasteiger partial charge on any atom is -0.497 e. The average molecular weight is 383 g/mol. The van der Waals surface area contributed by atoms with E-state index >= 15 is 0 Å². The van der Waals surface area contributed by atoms with Crippen molar-refractivity contribution in [1.82, 2.24) is 24.6 Å². The number of hydrogen-bond donors (Lipinski definition) is 0. The Morgan fingerprint density at radius 3 is 2.89 bits per heavy atom. The molecule has 2 aromatic rings. The molecule has 150 valence electrons. The van der Waals surface area contributed by atoms with Gasteiger partial charge in [-0.3, -0.25) is 9.69 Å². The normalized spacial score (nSPS) is 20.5. The lowest BCUT2D eigenvalue weighted by molar-refractivity contribution is -0.130. The Morgan fingerprint density at radius 2 is 2.07 bits per heavy atom. The topological polar surface area (TPSA) is 63.5 Å². The maximum absolute atomic E-state index is 12.9. The van der Waals surface area contributed by atoms with Crippen LogP contribution in [-0.2, 0) is 24.2 Å². The lowest BCUT2D eigenvalue weighted by Crippen LogP contribution is -2.35. The molecule has 3 heterocycles. The molecule has 2 aliphatic rings. The molecule has 0 bridgehead atoms. The van der Waals surface area contributed by atoms with Crippen molar-refractivity contribution in [2.45, 2.75) is 44.7 Å². The van der Waals surface area contributed by atoms with Crippen LogP contribution >= 0.6 is 0 Å². The molecule has 28 heavy (non-hydrogen) atoms. The van der Waals surface area contributed by atoms with Crippen molar-refractivity contribution >= 4 is 5.91 Å². The van der Waals surface area contributed by atoms with Crippen LogP contribution < -0.4 is 4.74 Å². The van der Waals surface area contributed by atoms with Gasteiger partial charge in [0.05, 0.1) is 19.6 Å². The first-order valence-corrected chi connectivity index (χ1v) is 10.2. The molecular weight excluding hydrogens is 354 g/mol. The fourth-order valence-corrected chi connectivity index (χ4v) is 4.31. The van der Waals surface area contributed by atoms with Crippen LogP contribution in [-0.4, -0.2) is 64.3 Å². The van der Waals surface area contributed by atoms with Crippen LogP contribution in [0, 0.1) is 0 Å². The summed E-state index contributed by atoms with van der Waals surface area (Å²) in [6.07, 6.45) is 4.78. The van der Waals surface area contributed by atoms with E-state index in [4.69, 9.17) is 4.74 Å². The van der Waals surface area contributed by atoms with Gasteiger partial charge in [-0.25, -0.2) is 0 Å². The number of piperidine rings is 1. The summed E-state index contributed by atoms with van der Waals surface area (Å²) < 4.78 is 7.52. The van der Waals surface area contributed by atoms with Gasteiger partial charge in [0, 0.05) is 26.1 Å². The Hall–Kier alpha value is -2.41.